The molecule has 0 aromatic carbocycles. The highest BCUT2D eigenvalue weighted by atomic mass is 16.5. The minimum Gasteiger partial charge on any atom is -0.445 e. The highest BCUT2D eigenvalue weighted by Crippen LogP contribution is 1.89. The van der Waals surface area contributed by atoms with Crippen molar-refractivity contribution in [2.75, 3.05) is 6.73 Å². The number of hydrogen-bond donors (Lipinski definition) is 1. The SMILES string of the molecule is CC(=O)OCNC(=O)C(C)C. The molecule has 1 N–H and O–H groups in total. The Labute approximate surface area is 65.9 Å². The third-order valence-corrected chi connectivity index (χ3v) is 1.05. The van der Waals surface area contributed by atoms with E-state index in [1.165, 1.54) is 6.92 Å². The zero-order valence-electron chi connectivity index (χ0n) is 7.01. The first-order valence-corrected chi connectivity index (χ1v) is 3.45. The molecule has 0 aliphatic rings. The van der Waals surface area contributed by atoms with Gasteiger partial charge in [0, 0.05) is 12.8 Å². The Hall–Kier alpha value is -1.06. The lowest BCUT2D eigenvalue weighted by Gasteiger charge is -2.06. The minimum absolute atomic E-state index is 0.0354. The van der Waals surface area contributed by atoms with Gasteiger partial charge >= 0.3 is 5.97 Å². The van der Waals surface area contributed by atoms with E-state index < -0.39 is 5.97 Å². The van der Waals surface area contributed by atoms with Crippen LogP contribution >= 0.6 is 0 Å². The van der Waals surface area contributed by atoms with Crippen LogP contribution in [0.3, 0.4) is 0 Å². The summed E-state index contributed by atoms with van der Waals surface area (Å²) in [5, 5.41) is 2.43. The Morgan fingerprint density at radius 2 is 2.00 bits per heavy atom. The third-order valence-electron chi connectivity index (χ3n) is 1.05. The summed E-state index contributed by atoms with van der Waals surface area (Å²) in [6.07, 6.45) is 0. The van der Waals surface area contributed by atoms with E-state index >= 15 is 0 Å². The van der Waals surface area contributed by atoms with Gasteiger partial charge in [0.15, 0.2) is 6.73 Å². The van der Waals surface area contributed by atoms with Crippen molar-refractivity contribution in [3.63, 3.8) is 0 Å². The van der Waals surface area contributed by atoms with Crippen molar-refractivity contribution in [2.24, 2.45) is 5.92 Å². The van der Waals surface area contributed by atoms with Crippen LogP contribution in [-0.2, 0) is 14.3 Å². The number of rotatable bonds is 3. The summed E-state index contributed by atoms with van der Waals surface area (Å²) in [6.45, 7) is 4.79. The van der Waals surface area contributed by atoms with Gasteiger partial charge in [-0.2, -0.15) is 0 Å². The molecule has 0 rings (SSSR count). The predicted molar refractivity (Wildman–Crippen MR) is 39.6 cm³/mol. The summed E-state index contributed by atoms with van der Waals surface area (Å²) in [4.78, 5) is 21.0. The molecule has 0 aliphatic heterocycles. The molecule has 0 atom stereocenters. The Bertz CT molecular complexity index is 154. The van der Waals surface area contributed by atoms with Gasteiger partial charge in [-0.25, -0.2) is 0 Å². The van der Waals surface area contributed by atoms with Crippen molar-refractivity contribution in [3.8, 4) is 0 Å². The summed E-state index contributed by atoms with van der Waals surface area (Å²) < 4.78 is 4.49. The van der Waals surface area contributed by atoms with Crippen molar-refractivity contribution in [1.82, 2.24) is 5.32 Å². The molecule has 0 spiro atoms. The van der Waals surface area contributed by atoms with Crippen LogP contribution in [0.4, 0.5) is 0 Å². The third kappa shape index (κ3) is 5.39. The second-order valence-electron chi connectivity index (χ2n) is 2.48. The fraction of sp³-hybridized carbons (Fsp3) is 0.714. The molecule has 0 unspecified atom stereocenters. The lowest BCUT2D eigenvalue weighted by molar-refractivity contribution is -0.143. The molecule has 0 radical (unpaired) electrons. The van der Waals surface area contributed by atoms with Crippen LogP contribution in [0.5, 0.6) is 0 Å². The van der Waals surface area contributed by atoms with Gasteiger partial charge in [-0.3, -0.25) is 9.59 Å². The molecule has 0 saturated carbocycles. The molecule has 64 valence electrons. The van der Waals surface area contributed by atoms with Crippen LogP contribution < -0.4 is 5.32 Å². The molecular weight excluding hydrogens is 146 g/mol. The van der Waals surface area contributed by atoms with Crippen molar-refractivity contribution >= 4 is 11.9 Å². The largest absolute Gasteiger partial charge is 0.445 e. The number of ether oxygens (including phenoxy) is 1. The molecule has 0 fully saturated rings. The van der Waals surface area contributed by atoms with Crippen molar-refractivity contribution in [1.29, 1.82) is 0 Å². The smallest absolute Gasteiger partial charge is 0.304 e. The first kappa shape index (κ1) is 9.94. The zero-order chi connectivity index (χ0) is 8.85. The summed E-state index contributed by atoms with van der Waals surface area (Å²) in [5.74, 6) is -0.592. The molecule has 0 bridgehead atoms. The Morgan fingerprint density at radius 1 is 1.45 bits per heavy atom. The molecule has 0 aromatic rings. The van der Waals surface area contributed by atoms with E-state index in [9.17, 15) is 9.59 Å². The van der Waals surface area contributed by atoms with Crippen LogP contribution in [0.25, 0.3) is 0 Å². The van der Waals surface area contributed by atoms with E-state index in [-0.39, 0.29) is 18.6 Å². The number of hydrogen-bond acceptors (Lipinski definition) is 3. The summed E-state index contributed by atoms with van der Waals surface area (Å²) in [6, 6.07) is 0. The van der Waals surface area contributed by atoms with Gasteiger partial charge in [0.25, 0.3) is 0 Å². The molecule has 0 heterocycles. The normalized spacial score (nSPS) is 9.45. The predicted octanol–water partition coefficient (Wildman–Crippen LogP) is 0.279. The molecule has 0 aliphatic carbocycles. The van der Waals surface area contributed by atoms with E-state index in [1.54, 1.807) is 13.8 Å². The van der Waals surface area contributed by atoms with E-state index in [4.69, 9.17) is 0 Å². The average Bonchev–Trinajstić information content (AvgIpc) is 1.86. The summed E-state index contributed by atoms with van der Waals surface area (Å²) in [5.41, 5.74) is 0. The zero-order valence-corrected chi connectivity index (χ0v) is 7.01. The van der Waals surface area contributed by atoms with E-state index in [0.717, 1.165) is 0 Å². The second kappa shape index (κ2) is 4.71. The quantitative estimate of drug-likeness (QED) is 0.475. The fourth-order valence-corrected chi connectivity index (χ4v) is 0.413. The average molecular weight is 159 g/mol. The molecule has 0 aromatic heterocycles. The van der Waals surface area contributed by atoms with Gasteiger partial charge in [-0.05, 0) is 0 Å². The monoisotopic (exact) mass is 159 g/mol. The van der Waals surface area contributed by atoms with E-state index in [2.05, 4.69) is 10.1 Å². The number of amides is 1. The molecule has 4 nitrogen and oxygen atoms in total. The van der Waals surface area contributed by atoms with Crippen LogP contribution in [-0.4, -0.2) is 18.6 Å². The fourth-order valence-electron chi connectivity index (χ4n) is 0.413. The molecule has 1 amide bonds. The standard InChI is InChI=1S/C7H13NO3/c1-5(2)7(10)8-4-11-6(3)9/h5H,4H2,1-3H3,(H,8,10). The maximum atomic E-state index is 10.8. The molecule has 4 heteroatoms. The van der Waals surface area contributed by atoms with Gasteiger partial charge < -0.3 is 10.1 Å². The van der Waals surface area contributed by atoms with Crippen molar-refractivity contribution in [3.05, 3.63) is 0 Å². The lowest BCUT2D eigenvalue weighted by Crippen LogP contribution is -2.30. The van der Waals surface area contributed by atoms with Crippen LogP contribution in [0, 0.1) is 5.92 Å². The van der Waals surface area contributed by atoms with Gasteiger partial charge in [0.05, 0.1) is 0 Å². The first-order valence-electron chi connectivity index (χ1n) is 3.45. The number of esters is 1. The highest BCUT2D eigenvalue weighted by Gasteiger charge is 2.05. The van der Waals surface area contributed by atoms with E-state index in [0.29, 0.717) is 0 Å². The highest BCUT2D eigenvalue weighted by molar-refractivity contribution is 5.77. The maximum Gasteiger partial charge on any atom is 0.304 e. The minimum atomic E-state index is -0.394. The number of nitrogens with one attached hydrogen (secondary N) is 1. The Kier molecular flexibility index (Phi) is 4.26. The van der Waals surface area contributed by atoms with E-state index in [1.807, 2.05) is 0 Å². The number of carbonyl (C=O) groups excluding carboxylic acids is 2. The molecule has 11 heavy (non-hydrogen) atoms. The van der Waals surface area contributed by atoms with Crippen molar-refractivity contribution < 1.29 is 14.3 Å². The second-order valence-corrected chi connectivity index (χ2v) is 2.48. The van der Waals surface area contributed by atoms with Crippen molar-refractivity contribution in [2.45, 2.75) is 20.8 Å². The first-order chi connectivity index (χ1) is 5.04. The van der Waals surface area contributed by atoms with Crippen LogP contribution in [0.2, 0.25) is 0 Å². The van der Waals surface area contributed by atoms with Gasteiger partial charge in [0.2, 0.25) is 5.91 Å². The number of carbonyl (C=O) groups is 2. The molecular formula is C7H13NO3. The Balaban J connectivity index is 3.39. The lowest BCUT2D eigenvalue weighted by atomic mass is 10.2. The topological polar surface area (TPSA) is 55.4 Å². The summed E-state index contributed by atoms with van der Waals surface area (Å²) in [7, 11) is 0. The van der Waals surface area contributed by atoms with Crippen LogP contribution in [0.1, 0.15) is 20.8 Å². The van der Waals surface area contributed by atoms with Gasteiger partial charge in [-0.15, -0.1) is 0 Å². The van der Waals surface area contributed by atoms with Crippen LogP contribution in [0.15, 0.2) is 0 Å². The Morgan fingerprint density at radius 3 is 2.36 bits per heavy atom. The molecule has 0 saturated heterocycles. The van der Waals surface area contributed by atoms with Gasteiger partial charge in [-0.1, -0.05) is 13.8 Å². The maximum absolute atomic E-state index is 10.8. The summed E-state index contributed by atoms with van der Waals surface area (Å²) >= 11 is 0. The van der Waals surface area contributed by atoms with Gasteiger partial charge in [0.1, 0.15) is 0 Å².